The lowest BCUT2D eigenvalue weighted by molar-refractivity contribution is -0.112. The third kappa shape index (κ3) is 6.12. The first-order chi connectivity index (χ1) is 17.9. The quantitative estimate of drug-likeness (QED) is 0.128. The van der Waals surface area contributed by atoms with Gasteiger partial charge in [-0.3, -0.25) is 4.79 Å². The molecular weight excluding hydrogens is 575 g/mol. The van der Waals surface area contributed by atoms with Crippen LogP contribution in [0.2, 0.25) is 0 Å². The predicted octanol–water partition coefficient (Wildman–Crippen LogP) is 7.58. The number of halogens is 1. The summed E-state index contributed by atoms with van der Waals surface area (Å²) in [5.74, 6) is 0.736. The van der Waals surface area contributed by atoms with Gasteiger partial charge in [-0.15, -0.1) is 0 Å². The molecule has 4 rings (SSSR count). The highest BCUT2D eigenvalue weighted by atomic mass is 127. The van der Waals surface area contributed by atoms with E-state index in [0.29, 0.717) is 36.0 Å². The van der Waals surface area contributed by atoms with E-state index >= 15 is 0 Å². The maximum absolute atomic E-state index is 12.9. The summed E-state index contributed by atoms with van der Waals surface area (Å²) in [6.07, 6.45) is 1.57. The maximum atomic E-state index is 12.9. The van der Waals surface area contributed by atoms with Gasteiger partial charge in [0, 0.05) is 5.69 Å². The average Bonchev–Trinajstić information content (AvgIpc) is 2.89. The topological polar surface area (TPSA) is 71.3 Å². The Labute approximate surface area is 230 Å². The van der Waals surface area contributed by atoms with Crippen molar-refractivity contribution in [2.24, 2.45) is 0 Å². The summed E-state index contributed by atoms with van der Waals surface area (Å²) in [5.41, 5.74) is 4.48. The summed E-state index contributed by atoms with van der Waals surface area (Å²) < 4.78 is 13.0. The molecule has 0 spiro atoms. The third-order valence-electron chi connectivity index (χ3n) is 6.11. The normalized spacial score (nSPS) is 11.2. The molecule has 0 heterocycles. The predicted molar refractivity (Wildman–Crippen MR) is 157 cm³/mol. The Balaban J connectivity index is 1.60. The van der Waals surface area contributed by atoms with Crippen LogP contribution in [-0.2, 0) is 11.4 Å². The first-order valence-electron chi connectivity index (χ1n) is 12.0. The Morgan fingerprint density at radius 1 is 1.03 bits per heavy atom. The van der Waals surface area contributed by atoms with Gasteiger partial charge < -0.3 is 14.8 Å². The molecule has 0 aliphatic heterocycles. The Kier molecular flexibility index (Phi) is 8.47. The minimum atomic E-state index is -0.458. The van der Waals surface area contributed by atoms with Crippen molar-refractivity contribution < 1.29 is 14.3 Å². The molecule has 1 amide bonds. The molecule has 0 radical (unpaired) electrons. The van der Waals surface area contributed by atoms with E-state index in [1.54, 1.807) is 12.1 Å². The Bertz CT molecular complexity index is 1530. The number of nitrogens with one attached hydrogen (secondary N) is 1. The van der Waals surface area contributed by atoms with Gasteiger partial charge in [0.05, 0.1) is 10.2 Å². The summed E-state index contributed by atoms with van der Waals surface area (Å²) in [6.45, 7) is 6.66. The molecule has 0 bridgehead atoms. The number of ether oxygens (including phenoxy) is 2. The van der Waals surface area contributed by atoms with Crippen molar-refractivity contribution in [1.82, 2.24) is 0 Å². The second kappa shape index (κ2) is 11.9. The summed E-state index contributed by atoms with van der Waals surface area (Å²) in [7, 11) is 0. The number of nitrogens with zero attached hydrogens (tertiary/aromatic N) is 1. The fourth-order valence-electron chi connectivity index (χ4n) is 4.03. The SMILES string of the molecule is CCOc1cc(/C=C(\C#N)C(=O)Nc2cccc(C)c2C)cc(I)c1OCc1cccc2ccccc12. The fourth-order valence-corrected chi connectivity index (χ4v) is 4.82. The van der Waals surface area contributed by atoms with Gasteiger partial charge in [-0.2, -0.15) is 5.26 Å². The van der Waals surface area contributed by atoms with Crippen molar-refractivity contribution >= 4 is 51.0 Å². The number of carbonyl (C=O) groups excluding carboxylic acids is 1. The van der Waals surface area contributed by atoms with Crippen LogP contribution in [0.25, 0.3) is 16.8 Å². The fraction of sp³-hybridized carbons (Fsp3) is 0.161. The van der Waals surface area contributed by atoms with E-state index in [2.05, 4.69) is 52.2 Å². The number of benzene rings is 4. The van der Waals surface area contributed by atoms with Crippen LogP contribution in [0.1, 0.15) is 29.2 Å². The van der Waals surface area contributed by atoms with E-state index in [4.69, 9.17) is 9.47 Å². The Morgan fingerprint density at radius 3 is 2.57 bits per heavy atom. The minimum absolute atomic E-state index is 0.00331. The molecule has 0 unspecified atom stereocenters. The molecule has 0 aromatic heterocycles. The zero-order chi connectivity index (χ0) is 26.4. The molecule has 4 aromatic carbocycles. The molecule has 0 atom stereocenters. The molecule has 0 saturated heterocycles. The van der Waals surface area contributed by atoms with E-state index < -0.39 is 5.91 Å². The van der Waals surface area contributed by atoms with Crippen molar-refractivity contribution in [3.63, 3.8) is 0 Å². The van der Waals surface area contributed by atoms with Crippen LogP contribution < -0.4 is 14.8 Å². The molecular formula is C31H27IN2O3. The average molecular weight is 602 g/mol. The molecule has 0 aliphatic rings. The molecule has 6 heteroatoms. The molecule has 37 heavy (non-hydrogen) atoms. The smallest absolute Gasteiger partial charge is 0.266 e. The van der Waals surface area contributed by atoms with Gasteiger partial charge in [0.1, 0.15) is 18.2 Å². The minimum Gasteiger partial charge on any atom is -0.490 e. The lowest BCUT2D eigenvalue weighted by Crippen LogP contribution is -2.14. The van der Waals surface area contributed by atoms with Gasteiger partial charge in [-0.1, -0.05) is 54.6 Å². The Hall–Kier alpha value is -3.83. The van der Waals surface area contributed by atoms with Crippen LogP contribution in [0.5, 0.6) is 11.5 Å². The van der Waals surface area contributed by atoms with Crippen molar-refractivity contribution in [2.45, 2.75) is 27.4 Å². The number of hydrogen-bond acceptors (Lipinski definition) is 4. The molecule has 186 valence electrons. The molecule has 4 aromatic rings. The van der Waals surface area contributed by atoms with Crippen molar-refractivity contribution in [1.29, 1.82) is 5.26 Å². The molecule has 1 N–H and O–H groups in total. The van der Waals surface area contributed by atoms with Gasteiger partial charge in [0.2, 0.25) is 0 Å². The number of hydrogen-bond donors (Lipinski definition) is 1. The van der Waals surface area contributed by atoms with Crippen molar-refractivity contribution in [3.8, 4) is 17.6 Å². The lowest BCUT2D eigenvalue weighted by Gasteiger charge is -2.16. The zero-order valence-electron chi connectivity index (χ0n) is 21.0. The second-order valence-corrected chi connectivity index (χ2v) is 9.72. The van der Waals surface area contributed by atoms with Gasteiger partial charge in [-0.05, 0) is 101 Å². The van der Waals surface area contributed by atoms with E-state index in [9.17, 15) is 10.1 Å². The van der Waals surface area contributed by atoms with Gasteiger partial charge >= 0.3 is 0 Å². The Morgan fingerprint density at radius 2 is 1.78 bits per heavy atom. The number of carbonyl (C=O) groups is 1. The van der Waals surface area contributed by atoms with E-state index in [-0.39, 0.29) is 5.57 Å². The number of rotatable bonds is 8. The molecule has 5 nitrogen and oxygen atoms in total. The summed E-state index contributed by atoms with van der Waals surface area (Å²) in [6, 6.07) is 25.8. The van der Waals surface area contributed by atoms with Crippen LogP contribution in [0.3, 0.4) is 0 Å². The maximum Gasteiger partial charge on any atom is 0.266 e. The molecule has 0 aliphatic carbocycles. The first-order valence-corrected chi connectivity index (χ1v) is 13.0. The van der Waals surface area contributed by atoms with Crippen molar-refractivity contribution in [2.75, 3.05) is 11.9 Å². The highest BCUT2D eigenvalue weighted by Gasteiger charge is 2.16. The standard InChI is InChI=1S/C31H27IN2O3/c1-4-36-29-17-22(15-25(18-33)31(35)34-28-14-7-9-20(2)21(28)3)16-27(32)30(29)37-19-24-12-8-11-23-10-5-6-13-26(23)24/h5-17H,4,19H2,1-3H3,(H,34,35)/b25-15+. The molecule has 0 fully saturated rings. The highest BCUT2D eigenvalue weighted by molar-refractivity contribution is 14.1. The summed E-state index contributed by atoms with van der Waals surface area (Å²) >= 11 is 2.20. The van der Waals surface area contributed by atoms with Gasteiger partial charge in [0.25, 0.3) is 5.91 Å². The third-order valence-corrected chi connectivity index (χ3v) is 6.91. The van der Waals surface area contributed by atoms with Crippen LogP contribution in [0.4, 0.5) is 5.69 Å². The first kappa shape index (κ1) is 26.2. The number of anilines is 1. The lowest BCUT2D eigenvalue weighted by atomic mass is 10.1. The van der Waals surface area contributed by atoms with E-state index in [0.717, 1.165) is 31.0 Å². The van der Waals surface area contributed by atoms with E-state index in [1.807, 2.05) is 69.3 Å². The monoisotopic (exact) mass is 602 g/mol. The zero-order valence-corrected chi connectivity index (χ0v) is 23.1. The van der Waals surface area contributed by atoms with Crippen LogP contribution in [-0.4, -0.2) is 12.5 Å². The van der Waals surface area contributed by atoms with Crippen LogP contribution in [0.15, 0.2) is 78.4 Å². The summed E-state index contributed by atoms with van der Waals surface area (Å²) in [4.78, 5) is 12.9. The van der Waals surface area contributed by atoms with Crippen LogP contribution in [0, 0.1) is 28.7 Å². The second-order valence-electron chi connectivity index (χ2n) is 8.56. The largest absolute Gasteiger partial charge is 0.490 e. The van der Waals surface area contributed by atoms with Gasteiger partial charge in [-0.25, -0.2) is 0 Å². The number of fused-ring (bicyclic) bond motifs is 1. The number of nitriles is 1. The number of aryl methyl sites for hydroxylation is 1. The summed E-state index contributed by atoms with van der Waals surface area (Å²) in [5, 5.41) is 14.9. The van der Waals surface area contributed by atoms with E-state index in [1.165, 1.54) is 0 Å². The molecule has 0 saturated carbocycles. The highest BCUT2D eigenvalue weighted by Crippen LogP contribution is 2.36. The van der Waals surface area contributed by atoms with Gasteiger partial charge in [0.15, 0.2) is 11.5 Å². The van der Waals surface area contributed by atoms with Crippen molar-refractivity contribution in [3.05, 3.63) is 104 Å². The number of amides is 1. The van der Waals surface area contributed by atoms with Crippen LogP contribution >= 0.6 is 22.6 Å².